The topological polar surface area (TPSA) is 68.5 Å². The number of imidazole rings is 1. The molecule has 0 aliphatic carbocycles. The maximum absolute atomic E-state index is 12.3. The van der Waals surface area contributed by atoms with Crippen molar-refractivity contribution < 1.29 is 9.53 Å². The third kappa shape index (κ3) is 5.90. The zero-order chi connectivity index (χ0) is 22.9. The van der Waals surface area contributed by atoms with Gasteiger partial charge in [-0.3, -0.25) is 4.79 Å². The van der Waals surface area contributed by atoms with Crippen molar-refractivity contribution in [2.45, 2.75) is 11.7 Å². The summed E-state index contributed by atoms with van der Waals surface area (Å²) in [7, 11) is 1.63. The number of rotatable bonds is 9. The number of nitrogens with one attached hydrogen (secondary N) is 1. The zero-order valence-corrected chi connectivity index (χ0v) is 19.0. The second-order valence-electron chi connectivity index (χ2n) is 7.16. The Bertz CT molecular complexity index is 1280. The van der Waals surface area contributed by atoms with Crippen molar-refractivity contribution in [1.82, 2.24) is 15.0 Å². The quantitative estimate of drug-likeness (QED) is 0.219. The summed E-state index contributed by atoms with van der Waals surface area (Å²) < 4.78 is 7.45. The lowest BCUT2D eigenvalue weighted by atomic mass is 10.2. The van der Waals surface area contributed by atoms with Crippen LogP contribution in [0.2, 0.25) is 0 Å². The molecule has 4 rings (SSSR count). The van der Waals surface area contributed by atoms with Crippen molar-refractivity contribution in [3.8, 4) is 5.75 Å². The fraction of sp³-hybridized carbons (Fsp3) is 0.115. The first-order valence-corrected chi connectivity index (χ1v) is 11.5. The van der Waals surface area contributed by atoms with E-state index in [0.29, 0.717) is 6.54 Å². The van der Waals surface area contributed by atoms with Crippen molar-refractivity contribution in [2.75, 3.05) is 12.9 Å². The Morgan fingerprint density at radius 2 is 1.82 bits per heavy atom. The third-order valence-corrected chi connectivity index (χ3v) is 5.88. The molecule has 0 spiro atoms. The Balaban J connectivity index is 1.37. The van der Waals surface area contributed by atoms with E-state index in [4.69, 9.17) is 9.72 Å². The van der Waals surface area contributed by atoms with E-state index >= 15 is 0 Å². The van der Waals surface area contributed by atoms with E-state index in [1.54, 1.807) is 19.4 Å². The van der Waals surface area contributed by atoms with E-state index in [0.717, 1.165) is 27.5 Å². The minimum absolute atomic E-state index is 0.194. The molecule has 4 aromatic rings. The van der Waals surface area contributed by atoms with Gasteiger partial charge in [0, 0.05) is 11.8 Å². The molecule has 0 atom stereocenters. The van der Waals surface area contributed by atoms with E-state index < -0.39 is 0 Å². The van der Waals surface area contributed by atoms with Gasteiger partial charge in [-0.05, 0) is 35.9 Å². The molecule has 1 aromatic heterocycles. The average Bonchev–Trinajstić information content (AvgIpc) is 3.20. The Morgan fingerprint density at radius 1 is 1.06 bits per heavy atom. The van der Waals surface area contributed by atoms with Crippen molar-refractivity contribution in [3.63, 3.8) is 0 Å². The molecule has 1 N–H and O–H groups in total. The molecule has 7 heteroatoms. The van der Waals surface area contributed by atoms with E-state index in [9.17, 15) is 4.79 Å². The van der Waals surface area contributed by atoms with Crippen LogP contribution in [0.5, 0.6) is 5.75 Å². The number of benzene rings is 3. The number of carbonyl (C=O) groups excluding carboxylic acids is 1. The molecule has 6 nitrogen and oxygen atoms in total. The molecule has 0 aliphatic rings. The highest BCUT2D eigenvalue weighted by atomic mass is 32.2. The predicted molar refractivity (Wildman–Crippen MR) is 135 cm³/mol. The van der Waals surface area contributed by atoms with Gasteiger partial charge in [-0.25, -0.2) is 10.4 Å². The Morgan fingerprint density at radius 3 is 2.67 bits per heavy atom. The van der Waals surface area contributed by atoms with E-state index in [2.05, 4.69) is 27.2 Å². The molecule has 3 aromatic carbocycles. The summed E-state index contributed by atoms with van der Waals surface area (Å²) in [6, 6.07) is 25.9. The van der Waals surface area contributed by atoms with Gasteiger partial charge in [0.05, 0.1) is 30.4 Å². The van der Waals surface area contributed by atoms with Gasteiger partial charge in [0.15, 0.2) is 5.16 Å². The first kappa shape index (κ1) is 22.4. The molecule has 0 saturated carbocycles. The number of allylic oxidation sites excluding steroid dienone is 1. The largest absolute Gasteiger partial charge is 0.496 e. The summed E-state index contributed by atoms with van der Waals surface area (Å²) >= 11 is 1.40. The van der Waals surface area contributed by atoms with Crippen LogP contribution >= 0.6 is 11.8 Å². The fourth-order valence-corrected chi connectivity index (χ4v) is 4.15. The molecule has 1 amide bonds. The minimum Gasteiger partial charge on any atom is -0.496 e. The number of hydrazone groups is 1. The molecule has 1 heterocycles. The molecule has 166 valence electrons. The van der Waals surface area contributed by atoms with Gasteiger partial charge in [-0.15, -0.1) is 0 Å². The van der Waals surface area contributed by atoms with Crippen LogP contribution in [0.15, 0.2) is 95.2 Å². The molecular weight excluding hydrogens is 432 g/mol. The minimum atomic E-state index is -0.194. The monoisotopic (exact) mass is 456 g/mol. The number of fused-ring (bicyclic) bond motifs is 1. The van der Waals surface area contributed by atoms with Crippen molar-refractivity contribution in [3.05, 3.63) is 96.1 Å². The van der Waals surface area contributed by atoms with Crippen molar-refractivity contribution in [2.24, 2.45) is 5.10 Å². The fourth-order valence-electron chi connectivity index (χ4n) is 3.35. The summed E-state index contributed by atoms with van der Waals surface area (Å²) in [5.74, 6) is 0.798. The van der Waals surface area contributed by atoms with Crippen LogP contribution in [0.3, 0.4) is 0 Å². The lowest BCUT2D eigenvalue weighted by Crippen LogP contribution is -2.19. The van der Waals surface area contributed by atoms with E-state index in [1.165, 1.54) is 17.3 Å². The van der Waals surface area contributed by atoms with Crippen LogP contribution in [-0.2, 0) is 11.3 Å². The molecule has 0 aliphatic heterocycles. The number of amides is 1. The molecular formula is C26H24N4O2S. The van der Waals surface area contributed by atoms with Crippen LogP contribution in [0.4, 0.5) is 0 Å². The maximum atomic E-state index is 12.3. The standard InChI is InChI=1S/C26H24N4O2S/c1-32-24-16-8-5-12-21(24)13-9-17-27-29-25(31)19-33-26-28-22-14-6-7-15-23(22)30(26)18-20-10-3-2-4-11-20/h2-17H,18-19H2,1H3,(H,29,31)/b13-9+,27-17-. The van der Waals surface area contributed by atoms with Gasteiger partial charge in [0.1, 0.15) is 5.75 Å². The number of hydrogen-bond acceptors (Lipinski definition) is 5. The second kappa shape index (κ2) is 11.2. The molecule has 0 bridgehead atoms. The SMILES string of the molecule is COc1ccccc1/C=C/C=N\NC(=O)CSc1nc2ccccc2n1Cc1ccccc1. The lowest BCUT2D eigenvalue weighted by Gasteiger charge is -2.09. The number of methoxy groups -OCH3 is 1. The van der Waals surface area contributed by atoms with Gasteiger partial charge < -0.3 is 9.30 Å². The number of hydrogen-bond donors (Lipinski definition) is 1. The Hall–Kier alpha value is -3.84. The average molecular weight is 457 g/mol. The summed E-state index contributed by atoms with van der Waals surface area (Å²) in [6.07, 6.45) is 5.17. The maximum Gasteiger partial charge on any atom is 0.250 e. The van der Waals surface area contributed by atoms with Crippen molar-refractivity contribution >= 4 is 41.0 Å². The van der Waals surface area contributed by atoms with Gasteiger partial charge >= 0.3 is 0 Å². The lowest BCUT2D eigenvalue weighted by molar-refractivity contribution is -0.118. The Labute approximate surface area is 197 Å². The van der Waals surface area contributed by atoms with E-state index in [1.807, 2.05) is 72.8 Å². The van der Waals surface area contributed by atoms with Crippen LogP contribution in [0.1, 0.15) is 11.1 Å². The van der Waals surface area contributed by atoms with Crippen LogP contribution < -0.4 is 10.2 Å². The van der Waals surface area contributed by atoms with Gasteiger partial charge in [-0.1, -0.05) is 72.4 Å². The van der Waals surface area contributed by atoms with Crippen LogP contribution in [0.25, 0.3) is 17.1 Å². The molecule has 0 unspecified atom stereocenters. The number of aromatic nitrogens is 2. The highest BCUT2D eigenvalue weighted by molar-refractivity contribution is 7.99. The first-order chi connectivity index (χ1) is 16.2. The van der Waals surface area contributed by atoms with Gasteiger partial charge in [0.2, 0.25) is 0 Å². The summed E-state index contributed by atoms with van der Waals surface area (Å²) in [4.78, 5) is 17.0. The van der Waals surface area contributed by atoms with Crippen LogP contribution in [0, 0.1) is 0 Å². The highest BCUT2D eigenvalue weighted by Gasteiger charge is 2.13. The highest BCUT2D eigenvalue weighted by Crippen LogP contribution is 2.25. The van der Waals surface area contributed by atoms with Gasteiger partial charge in [0.25, 0.3) is 5.91 Å². The summed E-state index contributed by atoms with van der Waals surface area (Å²) in [6.45, 7) is 0.692. The zero-order valence-electron chi connectivity index (χ0n) is 18.2. The van der Waals surface area contributed by atoms with Gasteiger partial charge in [-0.2, -0.15) is 5.10 Å². The molecule has 0 saturated heterocycles. The third-order valence-electron chi connectivity index (χ3n) is 4.90. The molecule has 33 heavy (non-hydrogen) atoms. The second-order valence-corrected chi connectivity index (χ2v) is 8.10. The van der Waals surface area contributed by atoms with Crippen molar-refractivity contribution in [1.29, 1.82) is 0 Å². The predicted octanol–water partition coefficient (Wildman–Crippen LogP) is 5.00. The number of carbonyl (C=O) groups is 1. The number of nitrogens with zero attached hydrogens (tertiary/aromatic N) is 3. The molecule has 0 fully saturated rings. The summed E-state index contributed by atoms with van der Waals surface area (Å²) in [5.41, 5.74) is 6.63. The molecule has 0 radical (unpaired) electrons. The van der Waals surface area contributed by atoms with E-state index in [-0.39, 0.29) is 11.7 Å². The normalized spacial score (nSPS) is 11.4. The first-order valence-electron chi connectivity index (χ1n) is 10.5. The Kier molecular flexibility index (Phi) is 7.56. The summed E-state index contributed by atoms with van der Waals surface area (Å²) in [5, 5.41) is 4.80. The number of para-hydroxylation sites is 3. The number of thioether (sulfide) groups is 1. The number of ether oxygens (including phenoxy) is 1. The van der Waals surface area contributed by atoms with Crippen LogP contribution in [-0.4, -0.2) is 34.5 Å². The smallest absolute Gasteiger partial charge is 0.250 e.